The third kappa shape index (κ3) is 9.86. The summed E-state index contributed by atoms with van der Waals surface area (Å²) in [6.45, 7) is 3.43. The van der Waals surface area contributed by atoms with Crippen LogP contribution in [-0.4, -0.2) is 91.8 Å². The Kier molecular flexibility index (Phi) is 11.0. The Labute approximate surface area is 244 Å². The van der Waals surface area contributed by atoms with Crippen LogP contribution in [0.1, 0.15) is 36.1 Å². The van der Waals surface area contributed by atoms with Gasteiger partial charge in [-0.1, -0.05) is 0 Å². The third-order valence-electron chi connectivity index (χ3n) is 7.19. The summed E-state index contributed by atoms with van der Waals surface area (Å²) < 4.78 is 96.7. The molecule has 2 aliphatic heterocycles. The fourth-order valence-electron chi connectivity index (χ4n) is 4.93. The van der Waals surface area contributed by atoms with Crippen LogP contribution in [0, 0.1) is 0 Å². The SMILES string of the molecule is O=C(CN(CCCN1CCOCC1)C(=O)Nc1cc(C(F)(F)F)cc(C(F)(F)F)c1)N(Cc1ccco1)C[C@H]1CCCO1. The number of carbonyl (C=O) groups is 2. The summed E-state index contributed by atoms with van der Waals surface area (Å²) in [6.07, 6.45) is -6.94. The molecule has 1 atom stereocenters. The number of morpholine rings is 1. The summed E-state index contributed by atoms with van der Waals surface area (Å²) in [5, 5.41) is 2.16. The Morgan fingerprint density at radius 3 is 2.26 bits per heavy atom. The fourth-order valence-corrected chi connectivity index (χ4v) is 4.93. The lowest BCUT2D eigenvalue weighted by molar-refractivity contribution is -0.143. The molecule has 0 aliphatic carbocycles. The molecule has 0 spiro atoms. The van der Waals surface area contributed by atoms with Gasteiger partial charge in [0.25, 0.3) is 0 Å². The molecule has 1 aromatic carbocycles. The maximum absolute atomic E-state index is 13.5. The number of rotatable bonds is 11. The molecule has 4 rings (SSSR count). The van der Waals surface area contributed by atoms with Gasteiger partial charge in [0.15, 0.2) is 0 Å². The number of hydrogen-bond acceptors (Lipinski definition) is 6. The highest BCUT2D eigenvalue weighted by Crippen LogP contribution is 2.37. The largest absolute Gasteiger partial charge is 0.467 e. The highest BCUT2D eigenvalue weighted by atomic mass is 19.4. The summed E-state index contributed by atoms with van der Waals surface area (Å²) in [5.74, 6) is 0.0201. The van der Waals surface area contributed by atoms with E-state index in [1.165, 1.54) is 11.2 Å². The molecule has 2 saturated heterocycles. The van der Waals surface area contributed by atoms with E-state index in [2.05, 4.69) is 10.2 Å². The maximum Gasteiger partial charge on any atom is 0.416 e. The Morgan fingerprint density at radius 2 is 1.67 bits per heavy atom. The number of alkyl halides is 6. The van der Waals surface area contributed by atoms with E-state index in [1.807, 2.05) is 0 Å². The van der Waals surface area contributed by atoms with Gasteiger partial charge in [-0.05, 0) is 49.6 Å². The fraction of sp³-hybridized carbons (Fsp3) is 0.571. The summed E-state index contributed by atoms with van der Waals surface area (Å²) in [5.41, 5.74) is -3.81. The van der Waals surface area contributed by atoms with Crippen LogP contribution >= 0.6 is 0 Å². The minimum atomic E-state index is -5.08. The molecule has 2 fully saturated rings. The number of benzene rings is 1. The van der Waals surface area contributed by atoms with Crippen molar-refractivity contribution in [2.45, 2.75) is 44.3 Å². The molecule has 9 nitrogen and oxygen atoms in total. The average Bonchev–Trinajstić information content (AvgIpc) is 3.66. The predicted octanol–water partition coefficient (Wildman–Crippen LogP) is 5.08. The van der Waals surface area contributed by atoms with Gasteiger partial charge in [0, 0.05) is 45.0 Å². The molecule has 0 bridgehead atoms. The number of nitrogens with one attached hydrogen (secondary N) is 1. The number of furan rings is 1. The van der Waals surface area contributed by atoms with E-state index in [4.69, 9.17) is 13.9 Å². The van der Waals surface area contributed by atoms with Crippen LogP contribution in [0.3, 0.4) is 0 Å². The zero-order chi connectivity index (χ0) is 31.0. The van der Waals surface area contributed by atoms with Crippen molar-refractivity contribution in [3.8, 4) is 0 Å². The van der Waals surface area contributed by atoms with E-state index in [-0.39, 0.29) is 31.8 Å². The lowest BCUT2D eigenvalue weighted by Gasteiger charge is -2.30. The van der Waals surface area contributed by atoms with E-state index in [1.54, 1.807) is 12.1 Å². The van der Waals surface area contributed by atoms with E-state index < -0.39 is 47.6 Å². The lowest BCUT2D eigenvalue weighted by Crippen LogP contribution is -2.47. The van der Waals surface area contributed by atoms with Gasteiger partial charge in [-0.3, -0.25) is 9.69 Å². The Morgan fingerprint density at radius 1 is 0.977 bits per heavy atom. The number of nitrogens with zero attached hydrogens (tertiary/aromatic N) is 3. The first kappa shape index (κ1) is 32.6. The molecule has 2 aromatic rings. The van der Waals surface area contributed by atoms with E-state index in [9.17, 15) is 35.9 Å². The van der Waals surface area contributed by atoms with Crippen LogP contribution in [0.4, 0.5) is 36.8 Å². The highest BCUT2D eigenvalue weighted by Gasteiger charge is 2.37. The van der Waals surface area contributed by atoms with Crippen molar-refractivity contribution in [2.24, 2.45) is 0 Å². The quantitative estimate of drug-likeness (QED) is 0.353. The lowest BCUT2D eigenvalue weighted by atomic mass is 10.1. The second-order valence-corrected chi connectivity index (χ2v) is 10.4. The minimum absolute atomic E-state index is 0.0170. The molecule has 238 valence electrons. The second-order valence-electron chi connectivity index (χ2n) is 10.4. The summed E-state index contributed by atoms with van der Waals surface area (Å²) in [6, 6.07) is 3.20. The maximum atomic E-state index is 13.5. The number of amides is 3. The Balaban J connectivity index is 1.52. The smallest absolute Gasteiger partial charge is 0.416 e. The van der Waals surface area contributed by atoms with Gasteiger partial charge in [-0.25, -0.2) is 4.79 Å². The zero-order valence-corrected chi connectivity index (χ0v) is 23.4. The van der Waals surface area contributed by atoms with Crippen LogP contribution in [0.2, 0.25) is 0 Å². The topological polar surface area (TPSA) is 87.5 Å². The molecule has 1 N–H and O–H groups in total. The Hall–Kier alpha value is -3.30. The molecule has 0 unspecified atom stereocenters. The minimum Gasteiger partial charge on any atom is -0.467 e. The zero-order valence-electron chi connectivity index (χ0n) is 23.4. The average molecular weight is 621 g/mol. The summed E-state index contributed by atoms with van der Waals surface area (Å²) >= 11 is 0. The van der Waals surface area contributed by atoms with Gasteiger partial charge in [-0.2, -0.15) is 26.3 Å². The van der Waals surface area contributed by atoms with Gasteiger partial charge in [-0.15, -0.1) is 0 Å². The van der Waals surface area contributed by atoms with E-state index in [0.717, 1.165) is 17.7 Å². The number of carbonyl (C=O) groups excluding carboxylic acids is 2. The molecule has 2 aliphatic rings. The standard InChI is InChI=1S/C28H34F6N4O5/c29-27(30,31)20-14-21(28(32,33)34)16-22(15-20)35-26(40)37(7-3-6-36-8-12-41-13-9-36)19-25(39)38(17-23-4-1-10-42-23)18-24-5-2-11-43-24/h1,4,10,14-16,24H,2-3,5-9,11-13,17-19H2,(H,35,40)/t24-/m1/s1. The van der Waals surface area contributed by atoms with Crippen molar-refractivity contribution in [2.75, 3.05) is 64.4 Å². The van der Waals surface area contributed by atoms with Gasteiger partial charge in [0.05, 0.1) is 43.3 Å². The predicted molar refractivity (Wildman–Crippen MR) is 142 cm³/mol. The van der Waals surface area contributed by atoms with Gasteiger partial charge < -0.3 is 29.0 Å². The molecule has 1 aromatic heterocycles. The first-order valence-electron chi connectivity index (χ1n) is 14.0. The molecular formula is C28H34F6N4O5. The van der Waals surface area contributed by atoms with Crippen LogP contribution in [0.25, 0.3) is 0 Å². The molecular weight excluding hydrogens is 586 g/mol. The summed E-state index contributed by atoms with van der Waals surface area (Å²) in [7, 11) is 0. The normalized spacial score (nSPS) is 18.0. The molecule has 0 radical (unpaired) electrons. The van der Waals surface area contributed by atoms with Crippen LogP contribution in [0.15, 0.2) is 41.0 Å². The van der Waals surface area contributed by atoms with Gasteiger partial charge >= 0.3 is 18.4 Å². The molecule has 15 heteroatoms. The molecule has 3 amide bonds. The number of halogens is 6. The Bertz CT molecular complexity index is 1160. The van der Waals surface area contributed by atoms with Gasteiger partial charge in [0.2, 0.25) is 5.91 Å². The molecule has 43 heavy (non-hydrogen) atoms. The second kappa shape index (κ2) is 14.4. The van der Waals surface area contributed by atoms with E-state index in [0.29, 0.717) is 63.8 Å². The van der Waals surface area contributed by atoms with Crippen molar-refractivity contribution in [3.63, 3.8) is 0 Å². The molecule has 3 heterocycles. The van der Waals surface area contributed by atoms with Crippen LogP contribution in [0.5, 0.6) is 0 Å². The van der Waals surface area contributed by atoms with Crippen LogP contribution < -0.4 is 5.32 Å². The number of ether oxygens (including phenoxy) is 2. The monoisotopic (exact) mass is 620 g/mol. The first-order valence-corrected chi connectivity index (χ1v) is 14.0. The molecule has 0 saturated carbocycles. The van der Waals surface area contributed by atoms with Crippen molar-refractivity contribution in [3.05, 3.63) is 53.5 Å². The van der Waals surface area contributed by atoms with Crippen molar-refractivity contribution in [1.82, 2.24) is 14.7 Å². The van der Waals surface area contributed by atoms with E-state index >= 15 is 0 Å². The third-order valence-corrected chi connectivity index (χ3v) is 7.19. The van der Waals surface area contributed by atoms with Crippen molar-refractivity contribution in [1.29, 1.82) is 0 Å². The summed E-state index contributed by atoms with van der Waals surface area (Å²) in [4.78, 5) is 31.6. The van der Waals surface area contributed by atoms with Crippen molar-refractivity contribution >= 4 is 17.6 Å². The highest BCUT2D eigenvalue weighted by molar-refractivity contribution is 5.92. The van der Waals surface area contributed by atoms with Crippen LogP contribution in [-0.2, 0) is 33.2 Å². The number of anilines is 1. The first-order chi connectivity index (χ1) is 20.4. The number of hydrogen-bond donors (Lipinski definition) is 1. The number of urea groups is 1. The van der Waals surface area contributed by atoms with Crippen molar-refractivity contribution < 1.29 is 49.8 Å². The van der Waals surface area contributed by atoms with Gasteiger partial charge in [0.1, 0.15) is 12.3 Å².